The van der Waals surface area contributed by atoms with Crippen molar-refractivity contribution >= 4 is 35.3 Å². The molecule has 42 heavy (non-hydrogen) atoms. The number of aromatic nitrogens is 1. The number of aryl methyl sites for hydroxylation is 1. The summed E-state index contributed by atoms with van der Waals surface area (Å²) in [6, 6.07) is 30.6. The lowest BCUT2D eigenvalue weighted by Gasteiger charge is -2.13. The summed E-state index contributed by atoms with van der Waals surface area (Å²) in [5.74, 6) is 1.38. The first kappa shape index (κ1) is 27.4. The number of carbonyl (C=O) groups excluding carboxylic acids is 1. The molecule has 0 unspecified atom stereocenters. The third kappa shape index (κ3) is 5.84. The minimum atomic E-state index is -0.341. The second-order valence-electron chi connectivity index (χ2n) is 9.60. The maximum Gasteiger partial charge on any atom is 0.271 e. The molecule has 210 valence electrons. The molecule has 0 fully saturated rings. The zero-order valence-electron chi connectivity index (χ0n) is 22.5. The SMILES string of the molecule is Cc1ccc(-c2ccccc2)n1-c1ccc(C(=O)N/N=C/c2cc(Cl)c(OCc3ccc4c(c3)OCO4)c(Cl)c2)cc1. The Morgan fingerprint density at radius 2 is 1.67 bits per heavy atom. The molecule has 4 aromatic carbocycles. The predicted octanol–water partition coefficient (Wildman–Crippen LogP) is 7.83. The maximum atomic E-state index is 12.7. The molecule has 1 aliphatic rings. The van der Waals surface area contributed by atoms with E-state index >= 15 is 0 Å². The maximum absolute atomic E-state index is 12.7. The molecule has 1 N–H and O–H groups in total. The molecule has 1 amide bonds. The van der Waals surface area contributed by atoms with Crippen LogP contribution in [0.25, 0.3) is 16.9 Å². The second kappa shape index (κ2) is 12.0. The highest BCUT2D eigenvalue weighted by molar-refractivity contribution is 6.37. The number of carbonyl (C=O) groups is 1. The Hall–Kier alpha value is -4.72. The summed E-state index contributed by atoms with van der Waals surface area (Å²) < 4.78 is 18.8. The Morgan fingerprint density at radius 1 is 0.929 bits per heavy atom. The van der Waals surface area contributed by atoms with Gasteiger partial charge in [-0.25, -0.2) is 5.43 Å². The molecule has 9 heteroatoms. The fraction of sp³-hybridized carbons (Fsp3) is 0.0909. The van der Waals surface area contributed by atoms with Gasteiger partial charge < -0.3 is 18.8 Å². The van der Waals surface area contributed by atoms with Crippen molar-refractivity contribution < 1.29 is 19.0 Å². The molecule has 0 atom stereocenters. The van der Waals surface area contributed by atoms with Crippen molar-refractivity contribution in [3.05, 3.63) is 129 Å². The number of amides is 1. The summed E-state index contributed by atoms with van der Waals surface area (Å²) in [4.78, 5) is 12.7. The highest BCUT2D eigenvalue weighted by Crippen LogP contribution is 2.36. The Morgan fingerprint density at radius 3 is 2.43 bits per heavy atom. The largest absolute Gasteiger partial charge is 0.486 e. The number of rotatable bonds is 8. The topological polar surface area (TPSA) is 74.1 Å². The van der Waals surface area contributed by atoms with Gasteiger partial charge in [0.15, 0.2) is 17.2 Å². The molecule has 0 bridgehead atoms. The van der Waals surface area contributed by atoms with Crippen LogP contribution in [0.3, 0.4) is 0 Å². The van der Waals surface area contributed by atoms with Crippen LogP contribution in [0.1, 0.15) is 27.2 Å². The lowest BCUT2D eigenvalue weighted by Crippen LogP contribution is -2.17. The minimum Gasteiger partial charge on any atom is -0.486 e. The van der Waals surface area contributed by atoms with Gasteiger partial charge in [-0.1, -0.05) is 59.6 Å². The monoisotopic (exact) mass is 597 g/mol. The zero-order chi connectivity index (χ0) is 29.1. The number of nitrogens with one attached hydrogen (secondary N) is 1. The Bertz CT molecular complexity index is 1760. The van der Waals surface area contributed by atoms with E-state index in [1.54, 1.807) is 24.3 Å². The highest BCUT2D eigenvalue weighted by atomic mass is 35.5. The van der Waals surface area contributed by atoms with E-state index in [0.29, 0.717) is 38.4 Å². The fourth-order valence-corrected chi connectivity index (χ4v) is 5.30. The molecular weight excluding hydrogens is 573 g/mol. The summed E-state index contributed by atoms with van der Waals surface area (Å²) in [5.41, 5.74) is 8.77. The van der Waals surface area contributed by atoms with Crippen molar-refractivity contribution in [3.8, 4) is 34.2 Å². The molecule has 6 rings (SSSR count). The van der Waals surface area contributed by atoms with Crippen molar-refractivity contribution in [2.24, 2.45) is 5.10 Å². The quantitative estimate of drug-likeness (QED) is 0.146. The lowest BCUT2D eigenvalue weighted by molar-refractivity contribution is 0.0955. The summed E-state index contributed by atoms with van der Waals surface area (Å²) in [6.07, 6.45) is 1.47. The van der Waals surface area contributed by atoms with E-state index in [1.807, 2.05) is 48.5 Å². The molecular formula is C33H25Cl2N3O4. The van der Waals surface area contributed by atoms with Gasteiger partial charge in [0, 0.05) is 16.9 Å². The minimum absolute atomic E-state index is 0.205. The van der Waals surface area contributed by atoms with Crippen molar-refractivity contribution in [2.45, 2.75) is 13.5 Å². The van der Waals surface area contributed by atoms with Crippen LogP contribution in [0.4, 0.5) is 0 Å². The molecule has 0 spiro atoms. The molecule has 7 nitrogen and oxygen atoms in total. The van der Waals surface area contributed by atoms with Gasteiger partial charge in [-0.05, 0) is 84.3 Å². The van der Waals surface area contributed by atoms with E-state index in [0.717, 1.165) is 28.2 Å². The third-order valence-corrected chi connectivity index (χ3v) is 7.32. The standard InChI is InChI=1S/C33H25Cl2N3O4/c1-21-7-13-29(24-5-3-2-4-6-24)38(21)26-11-9-25(10-12-26)33(39)37-36-18-23-15-27(34)32(28(35)16-23)40-19-22-8-14-30-31(17-22)42-20-41-30/h2-18H,19-20H2,1H3,(H,37,39)/b36-18+. The summed E-state index contributed by atoms with van der Waals surface area (Å²) >= 11 is 12.9. The zero-order valence-corrected chi connectivity index (χ0v) is 24.0. The van der Waals surface area contributed by atoms with Crippen LogP contribution in [0.2, 0.25) is 10.0 Å². The normalized spacial score (nSPS) is 12.1. The first-order valence-electron chi connectivity index (χ1n) is 13.1. The number of nitrogens with zero attached hydrogens (tertiary/aromatic N) is 2. The fourth-order valence-electron chi connectivity index (χ4n) is 4.69. The first-order chi connectivity index (χ1) is 20.5. The van der Waals surface area contributed by atoms with Gasteiger partial charge in [0.05, 0.1) is 22.0 Å². The molecule has 0 radical (unpaired) electrons. The lowest BCUT2D eigenvalue weighted by atomic mass is 10.1. The molecule has 1 aromatic heterocycles. The van der Waals surface area contributed by atoms with Crippen LogP contribution in [-0.4, -0.2) is 23.5 Å². The molecule has 0 saturated heterocycles. The number of hydrogen-bond donors (Lipinski definition) is 1. The van der Waals surface area contributed by atoms with Crippen molar-refractivity contribution in [2.75, 3.05) is 6.79 Å². The summed E-state index contributed by atoms with van der Waals surface area (Å²) in [6.45, 7) is 2.51. The third-order valence-electron chi connectivity index (χ3n) is 6.75. The van der Waals surface area contributed by atoms with Crippen LogP contribution in [0, 0.1) is 6.92 Å². The summed E-state index contributed by atoms with van der Waals surface area (Å²) in [7, 11) is 0. The van der Waals surface area contributed by atoms with E-state index in [1.165, 1.54) is 6.21 Å². The van der Waals surface area contributed by atoms with Crippen LogP contribution in [0.5, 0.6) is 17.2 Å². The Kier molecular flexibility index (Phi) is 7.86. The van der Waals surface area contributed by atoms with Gasteiger partial charge in [0.25, 0.3) is 5.91 Å². The number of fused-ring (bicyclic) bond motifs is 1. The van der Waals surface area contributed by atoms with E-state index < -0.39 is 0 Å². The second-order valence-corrected chi connectivity index (χ2v) is 10.4. The first-order valence-corrected chi connectivity index (χ1v) is 13.9. The van der Waals surface area contributed by atoms with E-state index in [2.05, 4.69) is 46.3 Å². The number of halogens is 2. The van der Waals surface area contributed by atoms with Crippen molar-refractivity contribution in [1.29, 1.82) is 0 Å². The molecule has 0 saturated carbocycles. The van der Waals surface area contributed by atoms with Crippen molar-refractivity contribution in [1.82, 2.24) is 9.99 Å². The molecule has 5 aromatic rings. The van der Waals surface area contributed by atoms with E-state index in [4.69, 9.17) is 37.4 Å². The van der Waals surface area contributed by atoms with Gasteiger partial charge in [0.2, 0.25) is 6.79 Å². The van der Waals surface area contributed by atoms with Gasteiger partial charge in [-0.2, -0.15) is 5.10 Å². The molecule has 2 heterocycles. The number of ether oxygens (including phenoxy) is 3. The van der Waals surface area contributed by atoms with E-state index in [-0.39, 0.29) is 19.3 Å². The van der Waals surface area contributed by atoms with Gasteiger partial charge in [-0.15, -0.1) is 0 Å². The van der Waals surface area contributed by atoms with Crippen LogP contribution >= 0.6 is 23.2 Å². The Labute approximate surface area is 252 Å². The van der Waals surface area contributed by atoms with Gasteiger partial charge >= 0.3 is 0 Å². The number of hydrazone groups is 1. The predicted molar refractivity (Wildman–Crippen MR) is 164 cm³/mol. The number of hydrogen-bond acceptors (Lipinski definition) is 5. The molecule has 0 aliphatic carbocycles. The van der Waals surface area contributed by atoms with Crippen molar-refractivity contribution in [3.63, 3.8) is 0 Å². The molecule has 1 aliphatic heterocycles. The average Bonchev–Trinajstić information content (AvgIpc) is 3.63. The van der Waals surface area contributed by atoms with Crippen LogP contribution in [-0.2, 0) is 6.61 Å². The van der Waals surface area contributed by atoms with E-state index in [9.17, 15) is 4.79 Å². The van der Waals surface area contributed by atoms with Crippen LogP contribution in [0.15, 0.2) is 102 Å². The number of benzene rings is 4. The highest BCUT2D eigenvalue weighted by Gasteiger charge is 2.15. The smallest absolute Gasteiger partial charge is 0.271 e. The average molecular weight is 598 g/mol. The Balaban J connectivity index is 1.09. The summed E-state index contributed by atoms with van der Waals surface area (Å²) in [5, 5.41) is 4.73. The van der Waals surface area contributed by atoms with Gasteiger partial charge in [-0.3, -0.25) is 4.79 Å². The van der Waals surface area contributed by atoms with Gasteiger partial charge in [0.1, 0.15) is 6.61 Å². The van der Waals surface area contributed by atoms with Crippen LogP contribution < -0.4 is 19.6 Å².